The lowest BCUT2D eigenvalue weighted by molar-refractivity contribution is -0.132. The van der Waals surface area contributed by atoms with Crippen molar-refractivity contribution < 1.29 is 4.79 Å². The van der Waals surface area contributed by atoms with E-state index in [9.17, 15) is 4.79 Å². The molecule has 2 fully saturated rings. The first-order chi connectivity index (χ1) is 15.9. The minimum absolute atomic E-state index is 0.172. The number of nitrogens with one attached hydrogen (secondary N) is 2. The third-order valence-corrected chi connectivity index (χ3v) is 6.45. The van der Waals surface area contributed by atoms with Crippen LogP contribution < -0.4 is 16.4 Å². The number of carbonyl (C=O) groups excluding carboxylic acids is 1. The van der Waals surface area contributed by atoms with Crippen LogP contribution >= 0.6 is 15.9 Å². The molecule has 1 aliphatic heterocycles. The normalized spacial score (nSPS) is 17.0. The number of allylic oxidation sites excluding steroid dienone is 2. The number of halogens is 1. The lowest BCUT2D eigenvalue weighted by Gasteiger charge is -2.32. The van der Waals surface area contributed by atoms with Gasteiger partial charge in [-0.15, -0.1) is 0 Å². The third kappa shape index (κ3) is 6.55. The molecule has 174 valence electrons. The molecular formula is C24H30BrN7O. The van der Waals surface area contributed by atoms with Crippen molar-refractivity contribution in [2.24, 2.45) is 11.7 Å². The molecule has 1 saturated carbocycles. The van der Waals surface area contributed by atoms with Gasteiger partial charge < -0.3 is 26.2 Å². The standard InChI is InChI=1S/C24H30BrN7O/c1-16(18-5-6-18)13-21(26)29-23-20(25)15-27-24(30-23)28-19-7-3-17(4-8-19)14-22(33)32-11-9-31(2)10-12-32/h3-4,7-8,13,15,18H,1,5-6,9-12,14,26H2,2H3,(H2,27,28,29,30)/b21-13+. The van der Waals surface area contributed by atoms with Crippen molar-refractivity contribution in [3.05, 3.63) is 64.5 Å². The summed E-state index contributed by atoms with van der Waals surface area (Å²) < 4.78 is 0.708. The van der Waals surface area contributed by atoms with Crippen LogP contribution in [0.3, 0.4) is 0 Å². The number of aromatic nitrogens is 2. The SMILES string of the molecule is C=C(/C=C(\N)Nc1nc(Nc2ccc(CC(=O)N3CCN(C)CC3)cc2)ncc1Br)C1CC1. The third-order valence-electron chi connectivity index (χ3n) is 5.87. The monoisotopic (exact) mass is 511 g/mol. The number of likely N-dealkylation sites (N-methyl/N-ethyl adjacent to an activating group) is 1. The van der Waals surface area contributed by atoms with Crippen LogP contribution in [0.15, 0.2) is 59.0 Å². The Morgan fingerprint density at radius 1 is 1.24 bits per heavy atom. The van der Waals surface area contributed by atoms with E-state index in [0.29, 0.717) is 34.4 Å². The highest BCUT2D eigenvalue weighted by molar-refractivity contribution is 9.10. The average molecular weight is 512 g/mol. The average Bonchev–Trinajstić information content (AvgIpc) is 3.63. The highest BCUT2D eigenvalue weighted by Crippen LogP contribution is 2.36. The predicted octanol–water partition coefficient (Wildman–Crippen LogP) is 3.48. The fourth-order valence-corrected chi connectivity index (χ4v) is 3.93. The fourth-order valence-electron chi connectivity index (χ4n) is 3.64. The molecule has 1 amide bonds. The molecule has 0 unspecified atom stereocenters. The number of nitrogens with zero attached hydrogens (tertiary/aromatic N) is 4. The van der Waals surface area contributed by atoms with Gasteiger partial charge >= 0.3 is 0 Å². The Hall–Kier alpha value is -2.91. The molecule has 1 aliphatic carbocycles. The van der Waals surface area contributed by atoms with Crippen molar-refractivity contribution in [3.63, 3.8) is 0 Å². The Balaban J connectivity index is 1.35. The second kappa shape index (κ2) is 10.4. The zero-order chi connectivity index (χ0) is 23.4. The minimum atomic E-state index is 0.172. The van der Waals surface area contributed by atoms with E-state index in [-0.39, 0.29) is 5.91 Å². The zero-order valence-corrected chi connectivity index (χ0v) is 20.4. The van der Waals surface area contributed by atoms with Gasteiger partial charge in [0.1, 0.15) is 5.82 Å². The number of nitrogens with two attached hydrogens (primary N) is 1. The molecule has 8 nitrogen and oxygen atoms in total. The number of carbonyl (C=O) groups is 1. The first-order valence-electron chi connectivity index (χ1n) is 11.1. The van der Waals surface area contributed by atoms with Crippen molar-refractivity contribution >= 4 is 39.3 Å². The van der Waals surface area contributed by atoms with E-state index < -0.39 is 0 Å². The van der Waals surface area contributed by atoms with Gasteiger partial charge in [-0.1, -0.05) is 18.7 Å². The maximum atomic E-state index is 12.6. The lowest BCUT2D eigenvalue weighted by Crippen LogP contribution is -2.47. The van der Waals surface area contributed by atoms with Crippen molar-refractivity contribution in [1.82, 2.24) is 19.8 Å². The number of amides is 1. The van der Waals surface area contributed by atoms with Gasteiger partial charge in [0.15, 0.2) is 5.82 Å². The molecule has 1 aromatic carbocycles. The van der Waals surface area contributed by atoms with Crippen LogP contribution in [0, 0.1) is 5.92 Å². The van der Waals surface area contributed by atoms with Gasteiger partial charge in [-0.05, 0) is 71.1 Å². The van der Waals surface area contributed by atoms with Gasteiger partial charge in [-0.25, -0.2) is 4.98 Å². The van der Waals surface area contributed by atoms with Crippen molar-refractivity contribution in [2.45, 2.75) is 19.3 Å². The van der Waals surface area contributed by atoms with Gasteiger partial charge in [0.25, 0.3) is 0 Å². The van der Waals surface area contributed by atoms with E-state index in [1.807, 2.05) is 35.2 Å². The summed E-state index contributed by atoms with van der Waals surface area (Å²) in [5.74, 6) is 2.23. The van der Waals surface area contributed by atoms with E-state index in [1.165, 1.54) is 12.8 Å². The second-order valence-corrected chi connectivity index (χ2v) is 9.50. The summed E-state index contributed by atoms with van der Waals surface area (Å²) in [6.07, 6.45) is 6.29. The van der Waals surface area contributed by atoms with E-state index in [2.05, 4.69) is 55.1 Å². The van der Waals surface area contributed by atoms with Crippen LogP contribution in [-0.4, -0.2) is 58.9 Å². The van der Waals surface area contributed by atoms with Crippen LogP contribution in [-0.2, 0) is 11.2 Å². The first kappa shape index (κ1) is 23.3. The van der Waals surface area contributed by atoms with Crippen LogP contribution in [0.4, 0.5) is 17.5 Å². The number of hydrogen-bond donors (Lipinski definition) is 3. The smallest absolute Gasteiger partial charge is 0.229 e. The van der Waals surface area contributed by atoms with E-state index in [4.69, 9.17) is 5.73 Å². The first-order valence-corrected chi connectivity index (χ1v) is 11.9. The molecule has 0 radical (unpaired) electrons. The Kier molecular flexibility index (Phi) is 7.29. The summed E-state index contributed by atoms with van der Waals surface area (Å²) >= 11 is 3.46. The summed E-state index contributed by atoms with van der Waals surface area (Å²) in [5, 5.41) is 6.31. The Morgan fingerprint density at radius 2 is 1.94 bits per heavy atom. The molecule has 1 saturated heterocycles. The van der Waals surface area contributed by atoms with Gasteiger partial charge in [-0.2, -0.15) is 4.98 Å². The molecule has 0 spiro atoms. The molecule has 0 bridgehead atoms. The molecule has 9 heteroatoms. The summed E-state index contributed by atoms with van der Waals surface area (Å²) in [6.45, 7) is 7.51. The van der Waals surface area contributed by atoms with Crippen LogP contribution in [0.25, 0.3) is 0 Å². The second-order valence-electron chi connectivity index (χ2n) is 8.65. The largest absolute Gasteiger partial charge is 0.385 e. The zero-order valence-electron chi connectivity index (χ0n) is 18.9. The molecule has 2 heterocycles. The molecule has 2 aromatic rings. The van der Waals surface area contributed by atoms with Crippen molar-refractivity contribution in [3.8, 4) is 0 Å². The molecule has 0 atom stereocenters. The van der Waals surface area contributed by atoms with Gasteiger partial charge in [0, 0.05) is 38.1 Å². The molecule has 4 N–H and O–H groups in total. The Morgan fingerprint density at radius 3 is 2.61 bits per heavy atom. The summed E-state index contributed by atoms with van der Waals surface area (Å²) in [5.41, 5.74) is 8.97. The number of anilines is 3. The fraction of sp³-hybridized carbons (Fsp3) is 0.375. The predicted molar refractivity (Wildman–Crippen MR) is 135 cm³/mol. The Bertz CT molecular complexity index is 1040. The number of hydrogen-bond acceptors (Lipinski definition) is 7. The van der Waals surface area contributed by atoms with E-state index in [0.717, 1.165) is 43.0 Å². The summed E-state index contributed by atoms with van der Waals surface area (Å²) in [7, 11) is 2.08. The number of rotatable bonds is 8. The van der Waals surface area contributed by atoms with Gasteiger partial charge in [0.05, 0.1) is 10.9 Å². The van der Waals surface area contributed by atoms with Gasteiger partial charge in [0.2, 0.25) is 11.9 Å². The lowest BCUT2D eigenvalue weighted by atomic mass is 10.1. The van der Waals surface area contributed by atoms with Crippen LogP contribution in [0.5, 0.6) is 0 Å². The number of piperazine rings is 1. The highest BCUT2D eigenvalue weighted by atomic mass is 79.9. The summed E-state index contributed by atoms with van der Waals surface area (Å²) in [6, 6.07) is 7.77. The Labute approximate surface area is 203 Å². The molecule has 1 aromatic heterocycles. The van der Waals surface area contributed by atoms with E-state index in [1.54, 1.807) is 6.20 Å². The minimum Gasteiger partial charge on any atom is -0.385 e. The number of benzene rings is 1. The highest BCUT2D eigenvalue weighted by Gasteiger charge is 2.23. The molecular weight excluding hydrogens is 482 g/mol. The van der Waals surface area contributed by atoms with Crippen molar-refractivity contribution in [2.75, 3.05) is 43.9 Å². The quantitative estimate of drug-likeness (QED) is 0.466. The maximum Gasteiger partial charge on any atom is 0.229 e. The van der Waals surface area contributed by atoms with Crippen LogP contribution in [0.1, 0.15) is 18.4 Å². The van der Waals surface area contributed by atoms with Gasteiger partial charge in [-0.3, -0.25) is 4.79 Å². The van der Waals surface area contributed by atoms with Crippen molar-refractivity contribution in [1.29, 1.82) is 0 Å². The van der Waals surface area contributed by atoms with E-state index >= 15 is 0 Å². The van der Waals surface area contributed by atoms with Crippen LogP contribution in [0.2, 0.25) is 0 Å². The maximum absolute atomic E-state index is 12.6. The topological polar surface area (TPSA) is 99.4 Å². The molecule has 33 heavy (non-hydrogen) atoms. The molecule has 4 rings (SSSR count). The summed E-state index contributed by atoms with van der Waals surface area (Å²) in [4.78, 5) is 25.6. The molecule has 2 aliphatic rings.